The molecular weight excluding hydrogens is 299 g/mol. The summed E-state index contributed by atoms with van der Waals surface area (Å²) in [5.41, 5.74) is 0.769. The van der Waals surface area contributed by atoms with Crippen LogP contribution in [0, 0.1) is 5.92 Å². The van der Waals surface area contributed by atoms with Gasteiger partial charge in [0.05, 0.1) is 22.9 Å². The predicted octanol–water partition coefficient (Wildman–Crippen LogP) is 3.50. The lowest BCUT2D eigenvalue weighted by molar-refractivity contribution is 0.271. The number of hydrogen-bond acceptors (Lipinski definition) is 4. The van der Waals surface area contributed by atoms with Crippen LogP contribution in [0.3, 0.4) is 0 Å². The van der Waals surface area contributed by atoms with Crippen molar-refractivity contribution < 1.29 is 4.74 Å². The van der Waals surface area contributed by atoms with E-state index in [0.29, 0.717) is 28.3 Å². The van der Waals surface area contributed by atoms with Gasteiger partial charge in [-0.3, -0.25) is 0 Å². The van der Waals surface area contributed by atoms with Crippen LogP contribution >= 0.6 is 23.2 Å². The molecule has 0 atom stereocenters. The molecule has 0 radical (unpaired) electrons. The van der Waals surface area contributed by atoms with Gasteiger partial charge in [-0.15, -0.1) is 10.2 Å². The van der Waals surface area contributed by atoms with Gasteiger partial charge in [-0.25, -0.2) is 4.68 Å². The topological polar surface area (TPSA) is 52.3 Å². The molecule has 0 bridgehead atoms. The van der Waals surface area contributed by atoms with Gasteiger partial charge in [0.25, 0.3) is 0 Å². The van der Waals surface area contributed by atoms with Crippen molar-refractivity contribution in [3.05, 3.63) is 40.4 Å². The maximum atomic E-state index is 6.18. The van der Waals surface area contributed by atoms with Gasteiger partial charge in [-0.1, -0.05) is 37.0 Å². The Labute approximate surface area is 127 Å². The minimum Gasteiger partial charge on any atom is -0.490 e. The third-order valence-electron chi connectivity index (χ3n) is 2.33. The molecule has 0 unspecified atom stereocenters. The smallest absolute Gasteiger partial charge is 0.156 e. The molecule has 2 aromatic rings. The van der Waals surface area contributed by atoms with E-state index in [4.69, 9.17) is 27.9 Å². The predicted molar refractivity (Wildman–Crippen MR) is 79.8 cm³/mol. The first-order chi connectivity index (χ1) is 9.56. The van der Waals surface area contributed by atoms with Crippen molar-refractivity contribution in [1.82, 2.24) is 14.9 Å². The summed E-state index contributed by atoms with van der Waals surface area (Å²) < 4.78 is 7.08. The van der Waals surface area contributed by atoms with Crippen LogP contribution in [0.1, 0.15) is 19.4 Å². The molecule has 5 nitrogen and oxygen atoms in total. The lowest BCUT2D eigenvalue weighted by Gasteiger charge is -2.12. The summed E-state index contributed by atoms with van der Waals surface area (Å²) in [5.74, 6) is 0.903. The fourth-order valence-electron chi connectivity index (χ4n) is 1.43. The van der Waals surface area contributed by atoms with Crippen LogP contribution in [0.15, 0.2) is 29.9 Å². The number of benzene rings is 1. The zero-order valence-corrected chi connectivity index (χ0v) is 12.6. The van der Waals surface area contributed by atoms with Crippen molar-refractivity contribution in [2.24, 2.45) is 11.0 Å². The molecule has 1 aromatic carbocycles. The molecule has 0 saturated carbocycles. The molecule has 0 aliphatic rings. The second kappa shape index (κ2) is 6.72. The summed E-state index contributed by atoms with van der Waals surface area (Å²) in [6.45, 7) is 4.68. The van der Waals surface area contributed by atoms with E-state index < -0.39 is 0 Å². The Morgan fingerprint density at radius 2 is 1.85 bits per heavy atom. The minimum absolute atomic E-state index is 0.400. The third kappa shape index (κ3) is 3.95. The standard InChI is InChI=1S/C13H14Cl2N4O/c1-9(2)6-20-13-11(14)3-10(4-12(13)15)5-18-19-7-16-17-8-19/h3-5,7-9H,6H2,1-2H3/b18-5-. The first-order valence-corrected chi connectivity index (χ1v) is 6.82. The molecule has 0 fully saturated rings. The van der Waals surface area contributed by atoms with E-state index >= 15 is 0 Å². The molecule has 0 aliphatic heterocycles. The fourth-order valence-corrected chi connectivity index (χ4v) is 2.04. The van der Waals surface area contributed by atoms with Crippen LogP contribution in [0.5, 0.6) is 5.75 Å². The Morgan fingerprint density at radius 3 is 2.40 bits per heavy atom. The maximum absolute atomic E-state index is 6.18. The second-order valence-electron chi connectivity index (χ2n) is 4.60. The van der Waals surface area contributed by atoms with Gasteiger partial charge < -0.3 is 4.74 Å². The SMILES string of the molecule is CC(C)COc1c(Cl)cc(/C=N\n2cnnc2)cc1Cl. The molecule has 7 heteroatoms. The van der Waals surface area contributed by atoms with Crippen LogP contribution in [0.25, 0.3) is 0 Å². The Bertz CT molecular complexity index is 573. The highest BCUT2D eigenvalue weighted by molar-refractivity contribution is 6.37. The number of nitrogens with zero attached hydrogens (tertiary/aromatic N) is 4. The van der Waals surface area contributed by atoms with Crippen molar-refractivity contribution in [3.63, 3.8) is 0 Å². The van der Waals surface area contributed by atoms with Gasteiger partial charge in [0.1, 0.15) is 12.7 Å². The maximum Gasteiger partial charge on any atom is 0.156 e. The molecular formula is C13H14Cl2N4O. The van der Waals surface area contributed by atoms with Gasteiger partial charge in [0, 0.05) is 0 Å². The Morgan fingerprint density at radius 1 is 1.25 bits per heavy atom. The first kappa shape index (κ1) is 14.8. The highest BCUT2D eigenvalue weighted by Crippen LogP contribution is 2.34. The Balaban J connectivity index is 2.17. The molecule has 20 heavy (non-hydrogen) atoms. The van der Waals surface area contributed by atoms with Gasteiger partial charge >= 0.3 is 0 Å². The van der Waals surface area contributed by atoms with Crippen LogP contribution in [0.4, 0.5) is 0 Å². The van der Waals surface area contributed by atoms with E-state index in [-0.39, 0.29) is 0 Å². The number of rotatable bonds is 5. The lowest BCUT2D eigenvalue weighted by Crippen LogP contribution is -2.05. The zero-order chi connectivity index (χ0) is 14.5. The van der Waals surface area contributed by atoms with E-state index in [1.54, 1.807) is 18.3 Å². The fraction of sp³-hybridized carbons (Fsp3) is 0.308. The number of ether oxygens (including phenoxy) is 1. The first-order valence-electron chi connectivity index (χ1n) is 6.07. The van der Waals surface area contributed by atoms with E-state index in [9.17, 15) is 0 Å². The van der Waals surface area contributed by atoms with Gasteiger partial charge in [0.15, 0.2) is 5.75 Å². The minimum atomic E-state index is 0.400. The van der Waals surface area contributed by atoms with Crippen molar-refractivity contribution >= 4 is 29.4 Å². The highest BCUT2D eigenvalue weighted by atomic mass is 35.5. The summed E-state index contributed by atoms with van der Waals surface area (Å²) in [5, 5.41) is 12.4. The summed E-state index contributed by atoms with van der Waals surface area (Å²) in [4.78, 5) is 0. The van der Waals surface area contributed by atoms with Crippen LogP contribution < -0.4 is 4.74 Å². The van der Waals surface area contributed by atoms with Gasteiger partial charge in [0.2, 0.25) is 0 Å². The van der Waals surface area contributed by atoms with Crippen LogP contribution in [0.2, 0.25) is 10.0 Å². The summed E-state index contributed by atoms with van der Waals surface area (Å²) in [7, 11) is 0. The number of halogens is 2. The second-order valence-corrected chi connectivity index (χ2v) is 5.42. The summed E-state index contributed by atoms with van der Waals surface area (Å²) in [6, 6.07) is 3.49. The Hall–Kier alpha value is -1.59. The summed E-state index contributed by atoms with van der Waals surface area (Å²) >= 11 is 12.4. The van der Waals surface area contributed by atoms with E-state index in [1.165, 1.54) is 17.3 Å². The van der Waals surface area contributed by atoms with Crippen molar-refractivity contribution in [2.75, 3.05) is 6.61 Å². The lowest BCUT2D eigenvalue weighted by atomic mass is 10.2. The largest absolute Gasteiger partial charge is 0.490 e. The monoisotopic (exact) mass is 312 g/mol. The highest BCUT2D eigenvalue weighted by Gasteiger charge is 2.10. The molecule has 106 valence electrons. The Kier molecular flexibility index (Phi) is 4.98. The molecule has 0 saturated heterocycles. The van der Waals surface area contributed by atoms with Gasteiger partial charge in [-0.05, 0) is 23.6 Å². The molecule has 0 aliphatic carbocycles. The average Bonchev–Trinajstić information content (AvgIpc) is 2.88. The number of aromatic nitrogens is 3. The van der Waals surface area contributed by atoms with Crippen molar-refractivity contribution in [3.8, 4) is 5.75 Å². The van der Waals surface area contributed by atoms with Crippen molar-refractivity contribution in [1.29, 1.82) is 0 Å². The van der Waals surface area contributed by atoms with Crippen molar-refractivity contribution in [2.45, 2.75) is 13.8 Å². The third-order valence-corrected chi connectivity index (χ3v) is 2.89. The molecule has 1 aromatic heterocycles. The van der Waals surface area contributed by atoms with Crippen LogP contribution in [-0.4, -0.2) is 27.7 Å². The quantitative estimate of drug-likeness (QED) is 0.794. The average molecular weight is 313 g/mol. The molecule has 1 heterocycles. The molecule has 0 N–H and O–H groups in total. The number of hydrogen-bond donors (Lipinski definition) is 0. The van der Waals surface area contributed by atoms with E-state index in [0.717, 1.165) is 5.56 Å². The zero-order valence-electron chi connectivity index (χ0n) is 11.1. The van der Waals surface area contributed by atoms with E-state index in [2.05, 4.69) is 29.1 Å². The summed E-state index contributed by atoms with van der Waals surface area (Å²) in [6.07, 6.45) is 4.59. The molecule has 0 spiro atoms. The van der Waals surface area contributed by atoms with Crippen LogP contribution in [-0.2, 0) is 0 Å². The normalized spacial score (nSPS) is 11.4. The molecule has 0 amide bonds. The van der Waals surface area contributed by atoms with E-state index in [1.807, 2.05) is 0 Å². The van der Waals surface area contributed by atoms with Gasteiger partial charge in [-0.2, -0.15) is 5.10 Å². The molecule has 2 rings (SSSR count).